The number of hydrogen-bond donors (Lipinski definition) is 1. The van der Waals surface area contributed by atoms with Crippen molar-refractivity contribution in [1.82, 2.24) is 4.98 Å². The van der Waals surface area contributed by atoms with Gasteiger partial charge in [0.1, 0.15) is 0 Å². The van der Waals surface area contributed by atoms with Gasteiger partial charge in [-0.25, -0.2) is 13.8 Å². The van der Waals surface area contributed by atoms with Gasteiger partial charge < -0.3 is 10.5 Å². The molecule has 1 saturated carbocycles. The van der Waals surface area contributed by atoms with Crippen LogP contribution in [-0.4, -0.2) is 18.0 Å². The minimum atomic E-state index is -2.49. The predicted octanol–water partition coefficient (Wildman–Crippen LogP) is 2.73. The molecule has 1 heterocycles. The number of alkyl halides is 2. The van der Waals surface area contributed by atoms with E-state index in [1.807, 2.05) is 0 Å². The quantitative estimate of drug-likeness (QED) is 0.883. The van der Waals surface area contributed by atoms with Crippen molar-refractivity contribution < 1.29 is 13.5 Å². The van der Waals surface area contributed by atoms with Crippen LogP contribution in [0.25, 0.3) is 6.08 Å². The number of nitrogens with two attached hydrogens (primary N) is 1. The van der Waals surface area contributed by atoms with E-state index in [9.17, 15) is 8.78 Å². The average Bonchev–Trinajstić information content (AvgIpc) is 2.23. The first-order valence-corrected chi connectivity index (χ1v) is 5.36. The number of rotatable bonds is 3. The third-order valence-corrected chi connectivity index (χ3v) is 2.76. The lowest BCUT2D eigenvalue weighted by molar-refractivity contribution is -0.0960. The Morgan fingerprint density at radius 1 is 1.53 bits per heavy atom. The van der Waals surface area contributed by atoms with Crippen LogP contribution in [0, 0.1) is 5.92 Å². The Morgan fingerprint density at radius 2 is 2.24 bits per heavy atom. The number of methoxy groups -OCH3 is 1. The second-order valence-electron chi connectivity index (χ2n) is 4.25. The van der Waals surface area contributed by atoms with Crippen molar-refractivity contribution in [2.75, 3.05) is 12.8 Å². The monoisotopic (exact) mass is 240 g/mol. The number of hydrogen-bond acceptors (Lipinski definition) is 3. The lowest BCUT2D eigenvalue weighted by Gasteiger charge is -2.32. The van der Waals surface area contributed by atoms with Crippen molar-refractivity contribution in [3.8, 4) is 5.88 Å². The van der Waals surface area contributed by atoms with E-state index in [1.165, 1.54) is 13.3 Å². The molecule has 1 aliphatic carbocycles. The maximum atomic E-state index is 12.6. The van der Waals surface area contributed by atoms with Gasteiger partial charge in [-0.3, -0.25) is 0 Å². The Balaban J connectivity index is 2.08. The Morgan fingerprint density at radius 3 is 2.82 bits per heavy atom. The summed E-state index contributed by atoms with van der Waals surface area (Å²) in [5, 5.41) is 0. The molecule has 0 aromatic carbocycles. The van der Waals surface area contributed by atoms with E-state index in [2.05, 4.69) is 4.98 Å². The zero-order valence-electron chi connectivity index (χ0n) is 9.49. The van der Waals surface area contributed by atoms with Gasteiger partial charge in [0.2, 0.25) is 11.8 Å². The van der Waals surface area contributed by atoms with E-state index in [0.717, 1.165) is 0 Å². The summed E-state index contributed by atoms with van der Waals surface area (Å²) in [6, 6.07) is 1.71. The summed E-state index contributed by atoms with van der Waals surface area (Å²) in [6.07, 6.45) is 4.83. The van der Waals surface area contributed by atoms with Crippen LogP contribution in [0.5, 0.6) is 5.88 Å². The van der Waals surface area contributed by atoms with E-state index >= 15 is 0 Å². The van der Waals surface area contributed by atoms with Gasteiger partial charge >= 0.3 is 0 Å². The highest BCUT2D eigenvalue weighted by Gasteiger charge is 2.43. The molecule has 1 fully saturated rings. The third kappa shape index (κ3) is 2.72. The standard InChI is InChI=1S/C12H14F2N2O/c1-17-11-9(4-10(15)7-16-11)3-2-8-5-12(13,14)6-8/h2-4,7-8H,5-6,15H2,1H3/b3-2+. The first-order chi connectivity index (χ1) is 8.00. The van der Waals surface area contributed by atoms with E-state index < -0.39 is 5.92 Å². The fourth-order valence-corrected chi connectivity index (χ4v) is 1.86. The maximum Gasteiger partial charge on any atom is 0.249 e. The smallest absolute Gasteiger partial charge is 0.249 e. The lowest BCUT2D eigenvalue weighted by atomic mass is 9.81. The average molecular weight is 240 g/mol. The van der Waals surface area contributed by atoms with E-state index in [-0.39, 0.29) is 18.8 Å². The van der Waals surface area contributed by atoms with Gasteiger partial charge in [-0.1, -0.05) is 12.2 Å². The van der Waals surface area contributed by atoms with Crippen LogP contribution in [-0.2, 0) is 0 Å². The van der Waals surface area contributed by atoms with Crippen molar-refractivity contribution in [1.29, 1.82) is 0 Å². The fourth-order valence-electron chi connectivity index (χ4n) is 1.86. The zero-order chi connectivity index (χ0) is 12.5. The normalized spacial score (nSPS) is 19.2. The van der Waals surface area contributed by atoms with Crippen LogP contribution >= 0.6 is 0 Å². The summed E-state index contributed by atoms with van der Waals surface area (Å²) >= 11 is 0. The molecule has 0 aliphatic heterocycles. The van der Waals surface area contributed by atoms with Crippen molar-refractivity contribution in [3.05, 3.63) is 23.9 Å². The highest BCUT2D eigenvalue weighted by molar-refractivity contribution is 5.59. The van der Waals surface area contributed by atoms with Crippen molar-refractivity contribution in [2.24, 2.45) is 5.92 Å². The molecule has 1 aliphatic rings. The summed E-state index contributed by atoms with van der Waals surface area (Å²) in [7, 11) is 1.51. The number of halogens is 2. The van der Waals surface area contributed by atoms with Crippen LogP contribution < -0.4 is 10.5 Å². The molecule has 0 radical (unpaired) electrons. The van der Waals surface area contributed by atoms with Gasteiger partial charge in [0.25, 0.3) is 0 Å². The lowest BCUT2D eigenvalue weighted by Crippen LogP contribution is -2.33. The maximum absolute atomic E-state index is 12.6. The third-order valence-electron chi connectivity index (χ3n) is 2.76. The molecular formula is C12H14F2N2O. The topological polar surface area (TPSA) is 48.1 Å². The number of pyridine rings is 1. The predicted molar refractivity (Wildman–Crippen MR) is 61.9 cm³/mol. The highest BCUT2D eigenvalue weighted by atomic mass is 19.3. The SMILES string of the molecule is COc1ncc(N)cc1/C=C/C1CC(F)(F)C1. The number of aromatic nitrogens is 1. The minimum absolute atomic E-state index is 0.0730. The molecule has 1 aromatic heterocycles. The van der Waals surface area contributed by atoms with E-state index in [0.29, 0.717) is 17.1 Å². The zero-order valence-corrected chi connectivity index (χ0v) is 9.49. The molecule has 0 atom stereocenters. The van der Waals surface area contributed by atoms with E-state index in [1.54, 1.807) is 18.2 Å². The minimum Gasteiger partial charge on any atom is -0.481 e. The number of anilines is 1. The summed E-state index contributed by atoms with van der Waals surface area (Å²) < 4.78 is 30.3. The van der Waals surface area contributed by atoms with Crippen molar-refractivity contribution in [3.63, 3.8) is 0 Å². The second kappa shape index (κ2) is 4.31. The molecule has 92 valence electrons. The molecule has 17 heavy (non-hydrogen) atoms. The van der Waals surface area contributed by atoms with Gasteiger partial charge in [-0.2, -0.15) is 0 Å². The number of nitrogen functional groups attached to an aromatic ring is 1. The molecule has 1 aromatic rings. The number of nitrogens with zero attached hydrogens (tertiary/aromatic N) is 1. The van der Waals surface area contributed by atoms with Gasteiger partial charge in [-0.15, -0.1) is 0 Å². The largest absolute Gasteiger partial charge is 0.481 e. The molecule has 2 N–H and O–H groups in total. The highest BCUT2D eigenvalue weighted by Crippen LogP contribution is 2.43. The van der Waals surface area contributed by atoms with Crippen LogP contribution in [0.15, 0.2) is 18.3 Å². The number of allylic oxidation sites excluding steroid dienone is 1. The Kier molecular flexibility index (Phi) is 3.00. The second-order valence-corrected chi connectivity index (χ2v) is 4.25. The Hall–Kier alpha value is -1.65. The Bertz CT molecular complexity index is 438. The first-order valence-electron chi connectivity index (χ1n) is 5.36. The summed E-state index contributed by atoms with van der Waals surface area (Å²) in [5.74, 6) is -2.12. The molecule has 3 nitrogen and oxygen atoms in total. The molecule has 0 bridgehead atoms. The van der Waals surface area contributed by atoms with Gasteiger partial charge in [0.15, 0.2) is 0 Å². The van der Waals surface area contributed by atoms with Crippen LogP contribution in [0.3, 0.4) is 0 Å². The number of ether oxygens (including phenoxy) is 1. The van der Waals surface area contributed by atoms with Gasteiger partial charge in [0, 0.05) is 18.4 Å². The molecule has 0 unspecified atom stereocenters. The van der Waals surface area contributed by atoms with Gasteiger partial charge in [-0.05, 0) is 12.0 Å². The summed E-state index contributed by atoms with van der Waals surface area (Å²) in [4.78, 5) is 4.00. The summed E-state index contributed by atoms with van der Waals surface area (Å²) in [5.41, 5.74) is 6.84. The first kappa shape index (κ1) is 11.8. The van der Waals surface area contributed by atoms with Crippen LogP contribution in [0.1, 0.15) is 18.4 Å². The Labute approximate surface area is 98.3 Å². The summed E-state index contributed by atoms with van der Waals surface area (Å²) in [6.45, 7) is 0. The molecular weight excluding hydrogens is 226 g/mol. The van der Waals surface area contributed by atoms with Crippen LogP contribution in [0.2, 0.25) is 0 Å². The molecule has 0 saturated heterocycles. The molecule has 2 rings (SSSR count). The van der Waals surface area contributed by atoms with Gasteiger partial charge in [0.05, 0.1) is 19.0 Å². The molecule has 0 spiro atoms. The fraction of sp³-hybridized carbons (Fsp3) is 0.417. The van der Waals surface area contributed by atoms with Crippen LogP contribution in [0.4, 0.5) is 14.5 Å². The molecule has 0 amide bonds. The van der Waals surface area contributed by atoms with E-state index in [4.69, 9.17) is 10.5 Å². The van der Waals surface area contributed by atoms with Crippen molar-refractivity contribution in [2.45, 2.75) is 18.8 Å². The van der Waals surface area contributed by atoms with Crippen molar-refractivity contribution >= 4 is 11.8 Å². The molecule has 5 heteroatoms.